The molecule has 1 aromatic heterocycles. The molecule has 0 atom stereocenters. The Bertz CT molecular complexity index is 594. The first kappa shape index (κ1) is 15.9. The third kappa shape index (κ3) is 3.60. The van der Waals surface area contributed by atoms with Gasteiger partial charge in [-0.2, -0.15) is 9.40 Å². The lowest BCUT2D eigenvalue weighted by molar-refractivity contribution is -0.137. The van der Waals surface area contributed by atoms with Crippen molar-refractivity contribution in [2.45, 2.75) is 43.2 Å². The summed E-state index contributed by atoms with van der Waals surface area (Å²) >= 11 is 0. The van der Waals surface area contributed by atoms with E-state index in [2.05, 4.69) is 5.10 Å². The lowest BCUT2D eigenvalue weighted by Crippen LogP contribution is -2.45. The third-order valence-corrected chi connectivity index (χ3v) is 5.48. The molecular weight excluding hydrogens is 298 g/mol. The van der Waals surface area contributed by atoms with E-state index >= 15 is 0 Å². The summed E-state index contributed by atoms with van der Waals surface area (Å²) in [6, 6.07) is -0.0653. The van der Waals surface area contributed by atoms with E-state index < -0.39 is 16.0 Å². The molecule has 21 heavy (non-hydrogen) atoms. The highest BCUT2D eigenvalue weighted by Gasteiger charge is 2.35. The quantitative estimate of drug-likeness (QED) is 0.692. The summed E-state index contributed by atoms with van der Waals surface area (Å²) in [5, 5.41) is 21.6. The number of nitrogens with zero attached hydrogens (tertiary/aromatic N) is 3. The summed E-state index contributed by atoms with van der Waals surface area (Å²) in [5.74, 6) is -0.966. The molecule has 9 heteroatoms. The first-order chi connectivity index (χ1) is 9.95. The van der Waals surface area contributed by atoms with E-state index in [-0.39, 0.29) is 37.1 Å². The van der Waals surface area contributed by atoms with Gasteiger partial charge in [0.1, 0.15) is 4.90 Å². The Morgan fingerprint density at radius 1 is 1.48 bits per heavy atom. The van der Waals surface area contributed by atoms with Crippen LogP contribution in [0.4, 0.5) is 0 Å². The van der Waals surface area contributed by atoms with Crippen molar-refractivity contribution in [3.8, 4) is 0 Å². The average molecular weight is 317 g/mol. The van der Waals surface area contributed by atoms with Gasteiger partial charge in [0.15, 0.2) is 0 Å². The van der Waals surface area contributed by atoms with Gasteiger partial charge in [-0.25, -0.2) is 8.42 Å². The maximum Gasteiger partial charge on any atom is 0.305 e. The molecule has 1 aliphatic rings. The van der Waals surface area contributed by atoms with Crippen molar-refractivity contribution >= 4 is 16.0 Å². The molecular formula is C12H19N3O5S. The number of aliphatic hydroxyl groups is 1. The second kappa shape index (κ2) is 6.54. The number of aliphatic carboxylic acids is 1. The van der Waals surface area contributed by atoms with Crippen LogP contribution in [0.1, 0.15) is 25.7 Å². The van der Waals surface area contributed by atoms with Gasteiger partial charge in [0.25, 0.3) is 0 Å². The van der Waals surface area contributed by atoms with Gasteiger partial charge in [0, 0.05) is 18.8 Å². The van der Waals surface area contributed by atoms with Gasteiger partial charge in [0.2, 0.25) is 10.0 Å². The van der Waals surface area contributed by atoms with Crippen molar-refractivity contribution in [3.05, 3.63) is 12.4 Å². The number of aryl methyl sites for hydroxylation is 1. The maximum absolute atomic E-state index is 12.6. The Balaban J connectivity index is 2.15. The van der Waals surface area contributed by atoms with E-state index in [0.29, 0.717) is 0 Å². The molecule has 0 aliphatic heterocycles. The van der Waals surface area contributed by atoms with Crippen molar-refractivity contribution in [2.24, 2.45) is 0 Å². The zero-order chi connectivity index (χ0) is 15.5. The van der Waals surface area contributed by atoms with Gasteiger partial charge in [-0.1, -0.05) is 6.42 Å². The molecule has 0 aromatic carbocycles. The average Bonchev–Trinajstić information content (AvgIpc) is 2.83. The molecule has 0 radical (unpaired) electrons. The lowest BCUT2D eigenvalue weighted by atomic mass is 9.93. The third-order valence-electron chi connectivity index (χ3n) is 3.57. The zero-order valence-electron chi connectivity index (χ0n) is 11.6. The highest BCUT2D eigenvalue weighted by Crippen LogP contribution is 2.29. The fraction of sp³-hybridized carbons (Fsp3) is 0.667. The smallest absolute Gasteiger partial charge is 0.305 e. The number of rotatable bonds is 8. The minimum atomic E-state index is -3.70. The molecule has 8 nitrogen and oxygen atoms in total. The van der Waals surface area contributed by atoms with Crippen LogP contribution < -0.4 is 0 Å². The van der Waals surface area contributed by atoms with Gasteiger partial charge in [-0.3, -0.25) is 9.48 Å². The Hall–Kier alpha value is -1.45. The van der Waals surface area contributed by atoms with Gasteiger partial charge in [-0.15, -0.1) is 0 Å². The molecule has 1 aromatic rings. The summed E-state index contributed by atoms with van der Waals surface area (Å²) in [7, 11) is -3.70. The molecule has 1 fully saturated rings. The largest absolute Gasteiger partial charge is 0.481 e. The number of aromatic nitrogens is 2. The van der Waals surface area contributed by atoms with E-state index in [1.54, 1.807) is 0 Å². The van der Waals surface area contributed by atoms with E-state index in [1.165, 1.54) is 21.4 Å². The highest BCUT2D eigenvalue weighted by atomic mass is 32.2. The molecule has 2 N–H and O–H groups in total. The fourth-order valence-corrected chi connectivity index (χ4v) is 3.85. The standard InChI is InChI=1S/C12H19N3O5S/c16-7-6-15(10-2-1-3-10)21(19,20)11-8-13-14(9-11)5-4-12(17)18/h8-10,16H,1-7H2,(H,17,18). The number of carboxylic acid groups (broad SMARTS) is 1. The van der Waals surface area contributed by atoms with E-state index in [0.717, 1.165) is 19.3 Å². The first-order valence-electron chi connectivity index (χ1n) is 6.82. The van der Waals surface area contributed by atoms with Crippen LogP contribution in [0.3, 0.4) is 0 Å². The number of carboxylic acids is 1. The first-order valence-corrected chi connectivity index (χ1v) is 8.26. The van der Waals surface area contributed by atoms with E-state index in [4.69, 9.17) is 10.2 Å². The van der Waals surface area contributed by atoms with Gasteiger partial charge in [0.05, 0.1) is 25.8 Å². The Morgan fingerprint density at radius 3 is 2.71 bits per heavy atom. The monoisotopic (exact) mass is 317 g/mol. The molecule has 118 valence electrons. The highest BCUT2D eigenvalue weighted by molar-refractivity contribution is 7.89. The topological polar surface area (TPSA) is 113 Å². The van der Waals surface area contributed by atoms with Crippen LogP contribution in [0, 0.1) is 0 Å². The van der Waals surface area contributed by atoms with Crippen molar-refractivity contribution < 1.29 is 23.4 Å². The predicted molar refractivity (Wildman–Crippen MR) is 73.1 cm³/mol. The molecule has 2 rings (SSSR count). The number of aliphatic hydroxyl groups excluding tert-OH is 1. The number of hydrogen-bond acceptors (Lipinski definition) is 5. The van der Waals surface area contributed by atoms with Crippen LogP contribution in [0.2, 0.25) is 0 Å². The molecule has 1 saturated carbocycles. The van der Waals surface area contributed by atoms with E-state index in [9.17, 15) is 13.2 Å². The molecule has 0 bridgehead atoms. The number of carbonyl (C=O) groups is 1. The van der Waals surface area contributed by atoms with Crippen LogP contribution >= 0.6 is 0 Å². The van der Waals surface area contributed by atoms with Crippen LogP contribution in [0.15, 0.2) is 17.3 Å². The van der Waals surface area contributed by atoms with Gasteiger partial charge in [-0.05, 0) is 12.8 Å². The van der Waals surface area contributed by atoms with Crippen LogP contribution in [-0.2, 0) is 21.4 Å². The summed E-state index contributed by atoms with van der Waals surface area (Å²) in [4.78, 5) is 10.5. The predicted octanol–water partition coefficient (Wildman–Crippen LogP) is -0.107. The SMILES string of the molecule is O=C(O)CCn1cc(S(=O)(=O)N(CCO)C2CCC2)cn1. The van der Waals surface area contributed by atoms with Crippen molar-refractivity contribution in [1.82, 2.24) is 14.1 Å². The van der Waals surface area contributed by atoms with E-state index in [1.807, 2.05) is 0 Å². The molecule has 1 aliphatic carbocycles. The second-order valence-electron chi connectivity index (χ2n) is 5.01. The fourth-order valence-electron chi connectivity index (χ4n) is 2.22. The van der Waals surface area contributed by atoms with Crippen LogP contribution in [0.5, 0.6) is 0 Å². The Labute approximate surface area is 123 Å². The number of hydrogen-bond donors (Lipinski definition) is 2. The van der Waals surface area contributed by atoms with Crippen LogP contribution in [-0.4, -0.2) is 57.9 Å². The summed E-state index contributed by atoms with van der Waals surface area (Å²) in [6.45, 7) is -0.0511. The zero-order valence-corrected chi connectivity index (χ0v) is 12.4. The molecule has 0 spiro atoms. The number of sulfonamides is 1. The lowest BCUT2D eigenvalue weighted by Gasteiger charge is -2.35. The minimum Gasteiger partial charge on any atom is -0.481 e. The second-order valence-corrected chi connectivity index (χ2v) is 6.90. The van der Waals surface area contributed by atoms with Crippen LogP contribution in [0.25, 0.3) is 0 Å². The van der Waals surface area contributed by atoms with Crippen molar-refractivity contribution in [1.29, 1.82) is 0 Å². The van der Waals surface area contributed by atoms with Crippen molar-refractivity contribution in [3.63, 3.8) is 0 Å². The van der Waals surface area contributed by atoms with Gasteiger partial charge >= 0.3 is 5.97 Å². The molecule has 0 unspecified atom stereocenters. The maximum atomic E-state index is 12.6. The van der Waals surface area contributed by atoms with Gasteiger partial charge < -0.3 is 10.2 Å². The Morgan fingerprint density at radius 2 is 2.19 bits per heavy atom. The summed E-state index contributed by atoms with van der Waals surface area (Å²) in [5.41, 5.74) is 0. The molecule has 1 heterocycles. The minimum absolute atomic E-state index is 0.0354. The molecule has 0 amide bonds. The summed E-state index contributed by atoms with van der Waals surface area (Å²) < 4.78 is 27.7. The summed E-state index contributed by atoms with van der Waals surface area (Å²) in [6.07, 6.45) is 5.02. The van der Waals surface area contributed by atoms with Crippen molar-refractivity contribution in [2.75, 3.05) is 13.2 Å². The Kier molecular flexibility index (Phi) is 4.96. The molecule has 0 saturated heterocycles. The normalized spacial score (nSPS) is 16.1.